The van der Waals surface area contributed by atoms with Crippen LogP contribution in [0, 0.1) is 0 Å². The Hall–Kier alpha value is -2.01. The molecule has 0 spiro atoms. The molecule has 2 heterocycles. The van der Waals surface area contributed by atoms with E-state index in [1.54, 1.807) is 14.2 Å². The lowest BCUT2D eigenvalue weighted by Gasteiger charge is -2.39. The Morgan fingerprint density at radius 3 is 2.52 bits per heavy atom. The van der Waals surface area contributed by atoms with Crippen LogP contribution in [0.5, 0.6) is 11.5 Å². The highest BCUT2D eigenvalue weighted by atomic mass is 16.5. The molecular formula is C16H21N3O2. The van der Waals surface area contributed by atoms with Crippen molar-refractivity contribution in [1.29, 1.82) is 0 Å². The Kier molecular flexibility index (Phi) is 3.84. The summed E-state index contributed by atoms with van der Waals surface area (Å²) in [7, 11) is 3.32. The minimum atomic E-state index is 0.515. The summed E-state index contributed by atoms with van der Waals surface area (Å²) in [5.74, 6) is 2.50. The van der Waals surface area contributed by atoms with Crippen LogP contribution >= 0.6 is 0 Å². The van der Waals surface area contributed by atoms with Gasteiger partial charge in [0, 0.05) is 31.2 Å². The average molecular weight is 287 g/mol. The number of hydrogen-bond acceptors (Lipinski definition) is 5. The lowest BCUT2D eigenvalue weighted by Crippen LogP contribution is -2.57. The molecule has 1 fully saturated rings. The van der Waals surface area contributed by atoms with E-state index in [0.717, 1.165) is 47.7 Å². The van der Waals surface area contributed by atoms with E-state index in [2.05, 4.69) is 22.1 Å². The fourth-order valence-corrected chi connectivity index (χ4v) is 2.79. The maximum atomic E-state index is 5.43. The normalized spacial score (nSPS) is 14.8. The monoisotopic (exact) mass is 287 g/mol. The standard InChI is InChI=1S/C16H21N3O2/c1-4-19(12-9-17-10-12)16-13-8-15(21-3)14(20-2)7-11(13)5-6-18-16/h5-8,12,17H,4,9-10H2,1-3H3. The second kappa shape index (κ2) is 5.77. The van der Waals surface area contributed by atoms with Gasteiger partial charge in [-0.2, -0.15) is 0 Å². The number of likely N-dealkylation sites (N-methyl/N-ethyl adjacent to an activating group) is 1. The molecule has 1 aliphatic heterocycles. The molecule has 5 nitrogen and oxygen atoms in total. The third-order valence-electron chi connectivity index (χ3n) is 4.06. The van der Waals surface area contributed by atoms with Gasteiger partial charge >= 0.3 is 0 Å². The lowest BCUT2D eigenvalue weighted by molar-refractivity contribution is 0.356. The predicted octanol–water partition coefficient (Wildman–Crippen LogP) is 2.05. The number of aromatic nitrogens is 1. The van der Waals surface area contributed by atoms with Gasteiger partial charge in [-0.15, -0.1) is 0 Å². The Morgan fingerprint density at radius 2 is 1.95 bits per heavy atom. The summed E-state index contributed by atoms with van der Waals surface area (Å²) in [4.78, 5) is 6.97. The van der Waals surface area contributed by atoms with Crippen molar-refractivity contribution in [1.82, 2.24) is 10.3 Å². The van der Waals surface area contributed by atoms with Gasteiger partial charge in [0.05, 0.1) is 20.3 Å². The van der Waals surface area contributed by atoms with Gasteiger partial charge in [-0.1, -0.05) is 0 Å². The van der Waals surface area contributed by atoms with Gasteiger partial charge in [0.1, 0.15) is 5.82 Å². The van der Waals surface area contributed by atoms with Crippen molar-refractivity contribution in [2.24, 2.45) is 0 Å². The molecular weight excluding hydrogens is 266 g/mol. The summed E-state index contributed by atoms with van der Waals surface area (Å²) in [5, 5.41) is 5.54. The van der Waals surface area contributed by atoms with Crippen LogP contribution in [0.25, 0.3) is 10.8 Å². The van der Waals surface area contributed by atoms with Gasteiger partial charge < -0.3 is 19.7 Å². The van der Waals surface area contributed by atoms with Gasteiger partial charge in [0.25, 0.3) is 0 Å². The minimum absolute atomic E-state index is 0.515. The number of ether oxygens (including phenoxy) is 2. The van der Waals surface area contributed by atoms with Crippen molar-refractivity contribution in [2.75, 3.05) is 38.8 Å². The second-order valence-corrected chi connectivity index (χ2v) is 5.16. The van der Waals surface area contributed by atoms with E-state index in [-0.39, 0.29) is 0 Å². The Bertz CT molecular complexity index is 641. The number of rotatable bonds is 5. The van der Waals surface area contributed by atoms with Gasteiger partial charge in [-0.25, -0.2) is 4.98 Å². The summed E-state index contributed by atoms with van der Waals surface area (Å²) in [6.07, 6.45) is 1.86. The van der Waals surface area contributed by atoms with Crippen molar-refractivity contribution >= 4 is 16.6 Å². The first-order valence-electron chi connectivity index (χ1n) is 7.26. The zero-order valence-corrected chi connectivity index (χ0v) is 12.7. The molecule has 1 aliphatic rings. The van der Waals surface area contributed by atoms with Gasteiger partial charge in [-0.05, 0) is 30.5 Å². The van der Waals surface area contributed by atoms with Crippen LogP contribution in [-0.4, -0.2) is 44.9 Å². The van der Waals surface area contributed by atoms with Crippen molar-refractivity contribution in [3.05, 3.63) is 24.4 Å². The number of nitrogens with zero attached hydrogens (tertiary/aromatic N) is 2. The molecule has 0 saturated carbocycles. The first-order valence-corrected chi connectivity index (χ1v) is 7.26. The van der Waals surface area contributed by atoms with Crippen molar-refractivity contribution < 1.29 is 9.47 Å². The molecule has 1 aromatic heterocycles. The van der Waals surface area contributed by atoms with Crippen molar-refractivity contribution in [3.63, 3.8) is 0 Å². The molecule has 0 amide bonds. The summed E-state index contributed by atoms with van der Waals surface area (Å²) in [5.41, 5.74) is 0. The maximum Gasteiger partial charge on any atom is 0.161 e. The van der Waals surface area contributed by atoms with E-state index in [1.807, 2.05) is 24.4 Å². The van der Waals surface area contributed by atoms with Crippen LogP contribution in [0.2, 0.25) is 0 Å². The van der Waals surface area contributed by atoms with Gasteiger partial charge in [0.15, 0.2) is 11.5 Å². The average Bonchev–Trinajstić information content (AvgIpc) is 2.48. The Morgan fingerprint density at radius 1 is 1.24 bits per heavy atom. The molecule has 1 N–H and O–H groups in total. The summed E-state index contributed by atoms with van der Waals surface area (Å²) in [6.45, 7) is 5.13. The number of benzene rings is 1. The fraction of sp³-hybridized carbons (Fsp3) is 0.438. The predicted molar refractivity (Wildman–Crippen MR) is 84.5 cm³/mol. The molecule has 0 unspecified atom stereocenters. The number of pyridine rings is 1. The molecule has 112 valence electrons. The topological polar surface area (TPSA) is 46.6 Å². The van der Waals surface area contributed by atoms with Crippen LogP contribution in [0.1, 0.15) is 6.92 Å². The Labute approximate surface area is 124 Å². The zero-order chi connectivity index (χ0) is 14.8. The van der Waals surface area contributed by atoms with Gasteiger partial charge in [0.2, 0.25) is 0 Å². The highest BCUT2D eigenvalue weighted by molar-refractivity contribution is 5.94. The summed E-state index contributed by atoms with van der Waals surface area (Å²) < 4.78 is 10.8. The molecule has 5 heteroatoms. The molecule has 0 aliphatic carbocycles. The van der Waals surface area contributed by atoms with Crippen LogP contribution in [0.3, 0.4) is 0 Å². The van der Waals surface area contributed by atoms with E-state index in [4.69, 9.17) is 9.47 Å². The number of anilines is 1. The van der Waals surface area contributed by atoms with E-state index < -0.39 is 0 Å². The second-order valence-electron chi connectivity index (χ2n) is 5.16. The van der Waals surface area contributed by atoms with E-state index >= 15 is 0 Å². The molecule has 21 heavy (non-hydrogen) atoms. The third-order valence-corrected chi connectivity index (χ3v) is 4.06. The third kappa shape index (κ3) is 2.38. The molecule has 0 radical (unpaired) electrons. The fourth-order valence-electron chi connectivity index (χ4n) is 2.79. The molecule has 0 bridgehead atoms. The molecule has 1 aromatic carbocycles. The van der Waals surface area contributed by atoms with Crippen molar-refractivity contribution in [3.8, 4) is 11.5 Å². The first kappa shape index (κ1) is 13.9. The molecule has 3 rings (SSSR count). The van der Waals surface area contributed by atoms with Crippen LogP contribution in [0.4, 0.5) is 5.82 Å². The zero-order valence-electron chi connectivity index (χ0n) is 12.7. The maximum absolute atomic E-state index is 5.43. The quantitative estimate of drug-likeness (QED) is 0.912. The van der Waals surface area contributed by atoms with E-state index in [9.17, 15) is 0 Å². The van der Waals surface area contributed by atoms with Crippen LogP contribution in [0.15, 0.2) is 24.4 Å². The van der Waals surface area contributed by atoms with Gasteiger partial charge in [-0.3, -0.25) is 0 Å². The van der Waals surface area contributed by atoms with E-state index in [1.165, 1.54) is 0 Å². The Balaban J connectivity index is 2.13. The summed E-state index contributed by atoms with van der Waals surface area (Å²) in [6, 6.07) is 6.55. The van der Waals surface area contributed by atoms with Crippen LogP contribution < -0.4 is 19.7 Å². The lowest BCUT2D eigenvalue weighted by atomic mass is 10.1. The molecule has 2 aromatic rings. The SMILES string of the molecule is CCN(c1nccc2cc(OC)c(OC)cc12)C1CNC1. The number of nitrogens with one attached hydrogen (secondary N) is 1. The minimum Gasteiger partial charge on any atom is -0.493 e. The largest absolute Gasteiger partial charge is 0.493 e. The highest BCUT2D eigenvalue weighted by Gasteiger charge is 2.26. The highest BCUT2D eigenvalue weighted by Crippen LogP contribution is 2.36. The van der Waals surface area contributed by atoms with Crippen molar-refractivity contribution in [2.45, 2.75) is 13.0 Å². The molecule has 0 atom stereocenters. The number of fused-ring (bicyclic) bond motifs is 1. The summed E-state index contributed by atoms with van der Waals surface area (Å²) >= 11 is 0. The van der Waals surface area contributed by atoms with E-state index in [0.29, 0.717) is 6.04 Å². The smallest absolute Gasteiger partial charge is 0.161 e. The number of hydrogen-bond donors (Lipinski definition) is 1. The number of methoxy groups -OCH3 is 2. The molecule has 1 saturated heterocycles. The first-order chi connectivity index (χ1) is 10.3. The van der Waals surface area contributed by atoms with Crippen LogP contribution in [-0.2, 0) is 0 Å².